The standard InChI is InChI=1S/C22H32N6O5/c23-17(12-15-6-2-1-3-7-15)20(32)27-11-5-9-18(27)21(33)28(13-19(30)31)16(14-29)8-4-10-26-22(24)25/h1-3,6-7,14,16-18H,4-5,8-13,23H2,(H,30,31)(H4,24,25,26)/t16-,17+,18-/m0/s1. The number of guanidine groups is 1. The molecule has 0 unspecified atom stereocenters. The zero-order chi connectivity index (χ0) is 24.4. The number of hydrogen-bond donors (Lipinski definition) is 4. The summed E-state index contributed by atoms with van der Waals surface area (Å²) in [4.78, 5) is 55.8. The van der Waals surface area contributed by atoms with Crippen molar-refractivity contribution in [1.29, 1.82) is 0 Å². The molecular weight excluding hydrogens is 428 g/mol. The van der Waals surface area contributed by atoms with E-state index in [1.165, 1.54) is 4.90 Å². The summed E-state index contributed by atoms with van der Waals surface area (Å²) in [5, 5.41) is 9.33. The third kappa shape index (κ3) is 7.56. The monoisotopic (exact) mass is 460 g/mol. The highest BCUT2D eigenvalue weighted by Crippen LogP contribution is 2.22. The fourth-order valence-electron chi connectivity index (χ4n) is 3.96. The van der Waals surface area contributed by atoms with Crippen molar-refractivity contribution in [2.45, 2.75) is 50.2 Å². The molecule has 0 aliphatic carbocycles. The second kappa shape index (κ2) is 12.5. The van der Waals surface area contributed by atoms with Gasteiger partial charge >= 0.3 is 5.97 Å². The van der Waals surface area contributed by atoms with Crippen LogP contribution < -0.4 is 17.2 Å². The van der Waals surface area contributed by atoms with Gasteiger partial charge < -0.3 is 36.9 Å². The average molecular weight is 461 g/mol. The summed E-state index contributed by atoms with van der Waals surface area (Å²) < 4.78 is 0. The van der Waals surface area contributed by atoms with Crippen molar-refractivity contribution in [3.05, 3.63) is 35.9 Å². The van der Waals surface area contributed by atoms with Crippen LogP contribution in [0.1, 0.15) is 31.2 Å². The number of amides is 2. The predicted octanol–water partition coefficient (Wildman–Crippen LogP) is -0.918. The van der Waals surface area contributed by atoms with E-state index in [1.807, 2.05) is 30.3 Å². The lowest BCUT2D eigenvalue weighted by Crippen LogP contribution is -2.55. The number of benzene rings is 1. The minimum atomic E-state index is -1.25. The van der Waals surface area contributed by atoms with E-state index in [1.54, 1.807) is 0 Å². The van der Waals surface area contributed by atoms with E-state index >= 15 is 0 Å². The molecule has 2 rings (SSSR count). The van der Waals surface area contributed by atoms with Gasteiger partial charge in [0.05, 0.1) is 12.1 Å². The number of nitrogens with two attached hydrogens (primary N) is 3. The van der Waals surface area contributed by atoms with E-state index in [2.05, 4.69) is 4.99 Å². The largest absolute Gasteiger partial charge is 0.480 e. The topological polar surface area (TPSA) is 185 Å². The van der Waals surface area contributed by atoms with E-state index in [-0.39, 0.29) is 24.8 Å². The van der Waals surface area contributed by atoms with Gasteiger partial charge in [0.1, 0.15) is 18.9 Å². The number of carbonyl (C=O) groups is 4. The Morgan fingerprint density at radius 1 is 1.24 bits per heavy atom. The van der Waals surface area contributed by atoms with Crippen molar-refractivity contribution in [1.82, 2.24) is 9.80 Å². The van der Waals surface area contributed by atoms with Gasteiger partial charge in [0, 0.05) is 13.1 Å². The molecule has 1 fully saturated rings. The molecule has 1 aliphatic rings. The first kappa shape index (κ1) is 25.8. The number of nitrogens with zero attached hydrogens (tertiary/aromatic N) is 3. The Labute approximate surface area is 192 Å². The summed E-state index contributed by atoms with van der Waals surface area (Å²) >= 11 is 0. The van der Waals surface area contributed by atoms with Crippen molar-refractivity contribution in [2.75, 3.05) is 19.6 Å². The molecule has 0 spiro atoms. The van der Waals surface area contributed by atoms with Gasteiger partial charge in [-0.2, -0.15) is 0 Å². The number of aliphatic carboxylic acids is 1. The first-order chi connectivity index (χ1) is 15.7. The Hall–Kier alpha value is -3.47. The second-order valence-corrected chi connectivity index (χ2v) is 8.00. The Kier molecular flexibility index (Phi) is 9.80. The van der Waals surface area contributed by atoms with Crippen LogP contribution in [0.15, 0.2) is 35.3 Å². The smallest absolute Gasteiger partial charge is 0.323 e. The third-order valence-electron chi connectivity index (χ3n) is 5.54. The lowest BCUT2D eigenvalue weighted by atomic mass is 10.0. The van der Waals surface area contributed by atoms with Crippen LogP contribution in [0.4, 0.5) is 0 Å². The maximum Gasteiger partial charge on any atom is 0.323 e. The normalized spacial score (nSPS) is 17.1. The van der Waals surface area contributed by atoms with Gasteiger partial charge in [-0.05, 0) is 37.7 Å². The zero-order valence-electron chi connectivity index (χ0n) is 18.5. The van der Waals surface area contributed by atoms with E-state index in [9.17, 15) is 24.3 Å². The molecule has 1 saturated heterocycles. The molecule has 33 heavy (non-hydrogen) atoms. The molecule has 2 amide bonds. The summed E-state index contributed by atoms with van der Waals surface area (Å²) in [7, 11) is 0. The van der Waals surface area contributed by atoms with Crippen molar-refractivity contribution >= 4 is 30.0 Å². The number of carboxylic acids is 1. The number of carbonyl (C=O) groups excluding carboxylic acids is 3. The van der Waals surface area contributed by atoms with Gasteiger partial charge in [-0.25, -0.2) is 0 Å². The van der Waals surface area contributed by atoms with Gasteiger partial charge in [0.25, 0.3) is 0 Å². The molecular formula is C22H32N6O5. The Balaban J connectivity index is 2.12. The summed E-state index contributed by atoms with van der Waals surface area (Å²) in [5.74, 6) is -2.30. The number of hydrogen-bond acceptors (Lipinski definition) is 6. The van der Waals surface area contributed by atoms with Crippen molar-refractivity contribution in [3.8, 4) is 0 Å². The molecule has 1 aliphatic heterocycles. The highest BCUT2D eigenvalue weighted by atomic mass is 16.4. The summed E-state index contributed by atoms with van der Waals surface area (Å²) in [6, 6.07) is 6.63. The number of likely N-dealkylation sites (tertiary alicyclic amines) is 1. The summed E-state index contributed by atoms with van der Waals surface area (Å²) in [6.07, 6.45) is 2.37. The van der Waals surface area contributed by atoms with Crippen molar-refractivity contribution in [3.63, 3.8) is 0 Å². The summed E-state index contributed by atoms with van der Waals surface area (Å²) in [6.45, 7) is -0.0713. The van der Waals surface area contributed by atoms with Crippen LogP contribution in [0.2, 0.25) is 0 Å². The summed E-state index contributed by atoms with van der Waals surface area (Å²) in [5.41, 5.74) is 17.6. The SMILES string of the molecule is NC(N)=NCCC[C@@H](C=O)N(CC(=O)O)C(=O)[C@@H]1CCCN1C(=O)[C@H](N)Cc1ccccc1. The van der Waals surface area contributed by atoms with Gasteiger partial charge in [-0.3, -0.25) is 19.4 Å². The number of carboxylic acid groups (broad SMARTS) is 1. The van der Waals surface area contributed by atoms with E-state index in [0.717, 1.165) is 10.5 Å². The van der Waals surface area contributed by atoms with Crippen LogP contribution in [-0.4, -0.2) is 82.7 Å². The van der Waals surface area contributed by atoms with Gasteiger partial charge in [-0.1, -0.05) is 30.3 Å². The Morgan fingerprint density at radius 3 is 2.55 bits per heavy atom. The molecule has 0 aromatic heterocycles. The molecule has 11 heteroatoms. The Morgan fingerprint density at radius 2 is 1.94 bits per heavy atom. The fraction of sp³-hybridized carbons (Fsp3) is 0.500. The highest BCUT2D eigenvalue weighted by molar-refractivity contribution is 5.93. The minimum Gasteiger partial charge on any atom is -0.480 e. The van der Waals surface area contributed by atoms with Crippen LogP contribution in [0.5, 0.6) is 0 Å². The number of rotatable bonds is 12. The maximum atomic E-state index is 13.3. The van der Waals surface area contributed by atoms with Crippen LogP contribution in [0, 0.1) is 0 Å². The van der Waals surface area contributed by atoms with E-state index in [4.69, 9.17) is 17.2 Å². The molecule has 0 bridgehead atoms. The van der Waals surface area contributed by atoms with Crippen molar-refractivity contribution in [2.24, 2.45) is 22.2 Å². The van der Waals surface area contributed by atoms with Crippen LogP contribution in [-0.2, 0) is 25.6 Å². The molecule has 11 nitrogen and oxygen atoms in total. The zero-order valence-corrected chi connectivity index (χ0v) is 18.5. The quantitative estimate of drug-likeness (QED) is 0.133. The van der Waals surface area contributed by atoms with E-state index in [0.29, 0.717) is 38.5 Å². The van der Waals surface area contributed by atoms with Crippen LogP contribution in [0.3, 0.4) is 0 Å². The van der Waals surface area contributed by atoms with Crippen LogP contribution in [0.25, 0.3) is 0 Å². The van der Waals surface area contributed by atoms with E-state index < -0.39 is 36.5 Å². The molecule has 180 valence electrons. The molecule has 0 saturated carbocycles. The second-order valence-electron chi connectivity index (χ2n) is 8.00. The molecule has 3 atom stereocenters. The number of aldehydes is 1. The highest BCUT2D eigenvalue weighted by Gasteiger charge is 2.40. The van der Waals surface area contributed by atoms with Crippen molar-refractivity contribution < 1.29 is 24.3 Å². The lowest BCUT2D eigenvalue weighted by Gasteiger charge is -2.33. The first-order valence-electron chi connectivity index (χ1n) is 10.9. The van der Waals surface area contributed by atoms with Crippen LogP contribution >= 0.6 is 0 Å². The maximum absolute atomic E-state index is 13.3. The Bertz CT molecular complexity index is 858. The molecule has 1 heterocycles. The molecule has 1 aromatic rings. The molecule has 0 radical (unpaired) electrons. The van der Waals surface area contributed by atoms with Gasteiger partial charge in [0.2, 0.25) is 11.8 Å². The molecule has 1 aromatic carbocycles. The average Bonchev–Trinajstić information content (AvgIpc) is 3.27. The first-order valence-corrected chi connectivity index (χ1v) is 10.9. The lowest BCUT2D eigenvalue weighted by molar-refractivity contribution is -0.152. The van der Waals surface area contributed by atoms with Gasteiger partial charge in [0.15, 0.2) is 5.96 Å². The predicted molar refractivity (Wildman–Crippen MR) is 122 cm³/mol. The molecule has 7 N–H and O–H groups in total. The third-order valence-corrected chi connectivity index (χ3v) is 5.54. The fourth-order valence-corrected chi connectivity index (χ4v) is 3.96. The van der Waals surface area contributed by atoms with Gasteiger partial charge in [-0.15, -0.1) is 0 Å². The minimum absolute atomic E-state index is 0.0944. The number of aliphatic imine (C=N–C) groups is 1.